The number of thiazole rings is 1. The molecular weight excluding hydrogens is 222 g/mol. The van der Waals surface area contributed by atoms with Crippen molar-refractivity contribution in [3.63, 3.8) is 0 Å². The number of hydrogen-bond donors (Lipinski definition) is 0. The standard InChI is InChI=1S/C12H19NS2/c1-8(2)13-9-6-5-7-12(3,4)10(9)15-11(13)14/h8H,5-7H2,1-4H3. The van der Waals surface area contributed by atoms with Crippen LogP contribution in [0.15, 0.2) is 0 Å². The fourth-order valence-electron chi connectivity index (χ4n) is 2.51. The molecule has 0 amide bonds. The lowest BCUT2D eigenvalue weighted by Crippen LogP contribution is -2.23. The highest BCUT2D eigenvalue weighted by atomic mass is 32.1. The molecule has 0 aromatic carbocycles. The molecule has 0 saturated heterocycles. The molecule has 1 aliphatic carbocycles. The zero-order chi connectivity index (χ0) is 11.2. The molecule has 0 saturated carbocycles. The third kappa shape index (κ3) is 1.80. The van der Waals surface area contributed by atoms with Crippen molar-refractivity contribution >= 4 is 23.6 Å². The lowest BCUT2D eigenvalue weighted by molar-refractivity contribution is 0.420. The van der Waals surface area contributed by atoms with Crippen LogP contribution in [0.1, 0.15) is 57.1 Å². The number of nitrogens with zero attached hydrogens (tertiary/aromatic N) is 1. The van der Waals surface area contributed by atoms with Gasteiger partial charge in [-0.2, -0.15) is 0 Å². The first-order valence-electron chi connectivity index (χ1n) is 5.68. The number of fused-ring (bicyclic) bond motifs is 1. The molecule has 0 aliphatic heterocycles. The van der Waals surface area contributed by atoms with Crippen LogP contribution in [-0.4, -0.2) is 4.57 Å². The summed E-state index contributed by atoms with van der Waals surface area (Å²) >= 11 is 7.31. The van der Waals surface area contributed by atoms with Crippen LogP contribution in [-0.2, 0) is 11.8 Å². The summed E-state index contributed by atoms with van der Waals surface area (Å²) in [4.78, 5) is 1.53. The van der Waals surface area contributed by atoms with E-state index in [-0.39, 0.29) is 0 Å². The second-order valence-electron chi connectivity index (χ2n) is 5.34. The molecule has 1 nitrogen and oxygen atoms in total. The van der Waals surface area contributed by atoms with Gasteiger partial charge in [0.1, 0.15) is 0 Å². The lowest BCUT2D eigenvalue weighted by Gasteiger charge is -2.30. The number of rotatable bonds is 1. The van der Waals surface area contributed by atoms with Crippen molar-refractivity contribution in [3.8, 4) is 0 Å². The molecule has 3 heteroatoms. The van der Waals surface area contributed by atoms with Crippen molar-refractivity contribution in [2.75, 3.05) is 0 Å². The van der Waals surface area contributed by atoms with Crippen LogP contribution in [0.2, 0.25) is 0 Å². The van der Waals surface area contributed by atoms with Crippen LogP contribution in [0.25, 0.3) is 0 Å². The van der Waals surface area contributed by atoms with Crippen molar-refractivity contribution in [2.45, 2.75) is 58.4 Å². The first kappa shape index (κ1) is 11.3. The minimum Gasteiger partial charge on any atom is -0.324 e. The highest BCUT2D eigenvalue weighted by Gasteiger charge is 2.31. The normalized spacial score (nSPS) is 19.3. The number of hydrogen-bond acceptors (Lipinski definition) is 2. The van der Waals surface area contributed by atoms with Gasteiger partial charge in [-0.1, -0.05) is 13.8 Å². The minimum atomic E-state index is 0.339. The van der Waals surface area contributed by atoms with Crippen LogP contribution in [0, 0.1) is 3.95 Å². The molecule has 0 radical (unpaired) electrons. The fraction of sp³-hybridized carbons (Fsp3) is 0.750. The average Bonchev–Trinajstić information content (AvgIpc) is 2.42. The highest BCUT2D eigenvalue weighted by molar-refractivity contribution is 7.73. The van der Waals surface area contributed by atoms with E-state index in [2.05, 4.69) is 32.3 Å². The molecule has 1 aromatic heterocycles. The van der Waals surface area contributed by atoms with E-state index in [1.165, 1.54) is 29.8 Å². The van der Waals surface area contributed by atoms with Crippen LogP contribution in [0.4, 0.5) is 0 Å². The van der Waals surface area contributed by atoms with E-state index in [0.717, 1.165) is 3.95 Å². The molecule has 1 aromatic rings. The largest absolute Gasteiger partial charge is 0.324 e. The molecule has 0 atom stereocenters. The minimum absolute atomic E-state index is 0.339. The Morgan fingerprint density at radius 2 is 2.07 bits per heavy atom. The zero-order valence-corrected chi connectivity index (χ0v) is 11.6. The number of aromatic nitrogens is 1. The molecule has 1 aliphatic rings. The maximum Gasteiger partial charge on any atom is 0.161 e. The predicted octanol–water partition coefficient (Wildman–Crippen LogP) is 4.47. The molecule has 84 valence electrons. The fourth-order valence-corrected chi connectivity index (χ4v) is 4.37. The lowest BCUT2D eigenvalue weighted by atomic mass is 9.80. The van der Waals surface area contributed by atoms with Gasteiger partial charge in [0, 0.05) is 22.0 Å². The van der Waals surface area contributed by atoms with Crippen LogP contribution in [0.5, 0.6) is 0 Å². The molecule has 0 bridgehead atoms. The van der Waals surface area contributed by atoms with Crippen molar-refractivity contribution in [1.82, 2.24) is 4.57 Å². The molecular formula is C12H19NS2. The van der Waals surface area contributed by atoms with Gasteiger partial charge < -0.3 is 4.57 Å². The van der Waals surface area contributed by atoms with Crippen molar-refractivity contribution in [2.24, 2.45) is 0 Å². The van der Waals surface area contributed by atoms with Crippen LogP contribution < -0.4 is 0 Å². The molecule has 0 unspecified atom stereocenters. The smallest absolute Gasteiger partial charge is 0.161 e. The Morgan fingerprint density at radius 1 is 1.40 bits per heavy atom. The van der Waals surface area contributed by atoms with Crippen molar-refractivity contribution in [1.29, 1.82) is 0 Å². The molecule has 0 spiro atoms. The second kappa shape index (κ2) is 3.70. The molecule has 2 rings (SSSR count). The van der Waals surface area contributed by atoms with Crippen molar-refractivity contribution in [3.05, 3.63) is 14.5 Å². The summed E-state index contributed by atoms with van der Waals surface area (Å²) in [5.41, 5.74) is 1.85. The Kier molecular flexibility index (Phi) is 2.80. The first-order chi connectivity index (χ1) is 6.93. The van der Waals surface area contributed by atoms with Gasteiger partial charge in [0.05, 0.1) is 0 Å². The Bertz CT molecular complexity index is 423. The van der Waals surface area contributed by atoms with Gasteiger partial charge in [-0.25, -0.2) is 0 Å². The SMILES string of the molecule is CC(C)n1c2c(sc1=S)C(C)(C)CCC2. The van der Waals surface area contributed by atoms with E-state index in [9.17, 15) is 0 Å². The van der Waals surface area contributed by atoms with E-state index in [4.69, 9.17) is 12.2 Å². The van der Waals surface area contributed by atoms with Crippen LogP contribution >= 0.6 is 23.6 Å². The molecule has 15 heavy (non-hydrogen) atoms. The van der Waals surface area contributed by atoms with Gasteiger partial charge in [0.2, 0.25) is 0 Å². The van der Waals surface area contributed by atoms with E-state index >= 15 is 0 Å². The Labute approximate surface area is 101 Å². The van der Waals surface area contributed by atoms with Gasteiger partial charge in [-0.3, -0.25) is 0 Å². The average molecular weight is 241 g/mol. The predicted molar refractivity (Wildman–Crippen MR) is 69.5 cm³/mol. The Balaban J connectivity index is 2.63. The Morgan fingerprint density at radius 3 is 2.67 bits per heavy atom. The Hall–Kier alpha value is -0.150. The quantitative estimate of drug-likeness (QED) is 0.657. The third-order valence-corrected chi connectivity index (χ3v) is 5.10. The second-order valence-corrected chi connectivity index (χ2v) is 6.99. The summed E-state index contributed by atoms with van der Waals surface area (Å²) in [6.45, 7) is 9.15. The van der Waals surface area contributed by atoms with E-state index < -0.39 is 0 Å². The summed E-state index contributed by atoms with van der Waals surface area (Å²) in [6.07, 6.45) is 3.82. The van der Waals surface area contributed by atoms with Crippen LogP contribution in [0.3, 0.4) is 0 Å². The summed E-state index contributed by atoms with van der Waals surface area (Å²) in [6, 6.07) is 0.506. The molecule has 1 heterocycles. The van der Waals surface area contributed by atoms with Crippen molar-refractivity contribution < 1.29 is 0 Å². The van der Waals surface area contributed by atoms with Gasteiger partial charge >= 0.3 is 0 Å². The molecule has 0 N–H and O–H groups in total. The highest BCUT2D eigenvalue weighted by Crippen LogP contribution is 2.41. The maximum atomic E-state index is 5.48. The van der Waals surface area contributed by atoms with Gasteiger partial charge in [0.25, 0.3) is 0 Å². The maximum absolute atomic E-state index is 5.48. The third-order valence-electron chi connectivity index (χ3n) is 3.29. The first-order valence-corrected chi connectivity index (χ1v) is 6.90. The topological polar surface area (TPSA) is 4.93 Å². The zero-order valence-electron chi connectivity index (χ0n) is 9.96. The summed E-state index contributed by atoms with van der Waals surface area (Å²) in [7, 11) is 0. The van der Waals surface area contributed by atoms with Gasteiger partial charge in [0.15, 0.2) is 3.95 Å². The van der Waals surface area contributed by atoms with E-state index in [1.807, 2.05) is 11.3 Å². The van der Waals surface area contributed by atoms with E-state index in [1.54, 1.807) is 0 Å². The summed E-state index contributed by atoms with van der Waals surface area (Å²) in [5, 5.41) is 0. The van der Waals surface area contributed by atoms with Gasteiger partial charge in [-0.05, 0) is 45.3 Å². The summed E-state index contributed by atoms with van der Waals surface area (Å²) < 4.78 is 3.42. The van der Waals surface area contributed by atoms with E-state index in [0.29, 0.717) is 11.5 Å². The molecule has 0 fully saturated rings. The monoisotopic (exact) mass is 241 g/mol. The van der Waals surface area contributed by atoms with Gasteiger partial charge in [-0.15, -0.1) is 11.3 Å². The summed E-state index contributed by atoms with van der Waals surface area (Å²) in [5.74, 6) is 0.